The highest BCUT2D eigenvalue weighted by Crippen LogP contribution is 2.36. The van der Waals surface area contributed by atoms with Crippen LogP contribution in [0.15, 0.2) is 24.4 Å². The molecule has 4 rings (SSSR count). The second kappa shape index (κ2) is 6.87. The summed E-state index contributed by atoms with van der Waals surface area (Å²) in [6, 6.07) is 4.70. The zero-order valence-electron chi connectivity index (χ0n) is 16.6. The zero-order chi connectivity index (χ0) is 20.8. The van der Waals surface area contributed by atoms with Crippen molar-refractivity contribution in [2.75, 3.05) is 34.8 Å². The van der Waals surface area contributed by atoms with Crippen molar-refractivity contribution >= 4 is 35.2 Å². The van der Waals surface area contributed by atoms with Crippen molar-refractivity contribution in [2.45, 2.75) is 20.3 Å². The van der Waals surface area contributed by atoms with E-state index in [9.17, 15) is 14.4 Å². The van der Waals surface area contributed by atoms with E-state index in [1.165, 1.54) is 4.90 Å². The van der Waals surface area contributed by atoms with Gasteiger partial charge in [0.1, 0.15) is 17.2 Å². The predicted octanol–water partition coefficient (Wildman–Crippen LogP) is 1.36. The molecule has 0 bridgehead atoms. The average molecular weight is 397 g/mol. The molecule has 0 spiro atoms. The van der Waals surface area contributed by atoms with Gasteiger partial charge in [0.25, 0.3) is 5.91 Å². The van der Waals surface area contributed by atoms with Gasteiger partial charge in [-0.1, -0.05) is 19.9 Å². The lowest BCUT2D eigenvalue weighted by Crippen LogP contribution is -2.32. The first kappa shape index (κ1) is 18.9. The molecule has 2 aromatic heterocycles. The molecule has 10 heteroatoms. The van der Waals surface area contributed by atoms with E-state index in [0.29, 0.717) is 37.0 Å². The Morgan fingerprint density at radius 2 is 2.00 bits per heavy atom. The van der Waals surface area contributed by atoms with Crippen LogP contribution in [0.5, 0.6) is 0 Å². The molecule has 2 saturated heterocycles. The van der Waals surface area contributed by atoms with Crippen LogP contribution in [-0.4, -0.2) is 52.2 Å². The van der Waals surface area contributed by atoms with Gasteiger partial charge < -0.3 is 10.6 Å². The molecule has 152 valence electrons. The van der Waals surface area contributed by atoms with Gasteiger partial charge >= 0.3 is 6.03 Å². The molecule has 2 fully saturated rings. The van der Waals surface area contributed by atoms with E-state index < -0.39 is 11.3 Å². The molecule has 29 heavy (non-hydrogen) atoms. The number of pyridine rings is 1. The smallest absolute Gasteiger partial charge is 0.323 e. The molecule has 4 amide bonds. The summed E-state index contributed by atoms with van der Waals surface area (Å²) in [4.78, 5) is 44.7. The minimum absolute atomic E-state index is 0.0214. The highest BCUT2D eigenvalue weighted by Gasteiger charge is 2.41. The summed E-state index contributed by atoms with van der Waals surface area (Å²) in [7, 11) is 1.73. The summed E-state index contributed by atoms with van der Waals surface area (Å²) in [5, 5.41) is 9.88. The molecule has 4 heterocycles. The lowest BCUT2D eigenvalue weighted by molar-refractivity contribution is -0.124. The van der Waals surface area contributed by atoms with Gasteiger partial charge in [0, 0.05) is 32.1 Å². The Morgan fingerprint density at radius 1 is 1.21 bits per heavy atom. The number of nitrogens with one attached hydrogen (secondary N) is 2. The molecule has 2 aliphatic heterocycles. The number of carbonyl (C=O) groups excluding carboxylic acids is 3. The summed E-state index contributed by atoms with van der Waals surface area (Å²) < 4.78 is 1.56. The maximum Gasteiger partial charge on any atom is 0.323 e. The number of hydrogen-bond donors (Lipinski definition) is 2. The summed E-state index contributed by atoms with van der Waals surface area (Å²) in [6.45, 7) is 5.39. The quantitative estimate of drug-likeness (QED) is 0.809. The molecule has 2 aromatic rings. The highest BCUT2D eigenvalue weighted by atomic mass is 16.2. The number of nitrogens with zero attached hydrogens (tertiary/aromatic N) is 5. The van der Waals surface area contributed by atoms with Crippen molar-refractivity contribution in [1.29, 1.82) is 0 Å². The fourth-order valence-corrected chi connectivity index (χ4v) is 3.51. The number of carbonyl (C=O) groups is 3. The Hall–Kier alpha value is -3.43. The normalized spacial score (nSPS) is 18.3. The first-order valence-electron chi connectivity index (χ1n) is 9.46. The first-order valence-corrected chi connectivity index (χ1v) is 9.46. The Balaban J connectivity index is 1.57. The number of urea groups is 1. The van der Waals surface area contributed by atoms with Crippen LogP contribution < -0.4 is 20.4 Å². The summed E-state index contributed by atoms with van der Waals surface area (Å²) >= 11 is 0. The van der Waals surface area contributed by atoms with Crippen LogP contribution in [-0.2, 0) is 11.8 Å². The molecule has 0 saturated carbocycles. The minimum atomic E-state index is -0.453. The molecule has 2 aliphatic rings. The highest BCUT2D eigenvalue weighted by molar-refractivity contribution is 6.07. The SMILES string of the molecule is Cn1cc(NC(=O)c2cccc(N3CCNC3=O)n2)c(N2CCC(C)(C)C2=O)n1. The van der Waals surface area contributed by atoms with Crippen LogP contribution >= 0.6 is 0 Å². The van der Waals surface area contributed by atoms with E-state index in [2.05, 4.69) is 20.7 Å². The van der Waals surface area contributed by atoms with Crippen LogP contribution in [0.2, 0.25) is 0 Å². The van der Waals surface area contributed by atoms with Crippen molar-refractivity contribution in [3.8, 4) is 0 Å². The van der Waals surface area contributed by atoms with Crippen molar-refractivity contribution in [2.24, 2.45) is 12.5 Å². The van der Waals surface area contributed by atoms with Crippen LogP contribution in [0, 0.1) is 5.41 Å². The largest absolute Gasteiger partial charge is 0.336 e. The average Bonchev–Trinajstić information content (AvgIpc) is 3.34. The van der Waals surface area contributed by atoms with E-state index in [4.69, 9.17) is 0 Å². The number of rotatable bonds is 4. The first-order chi connectivity index (χ1) is 13.8. The summed E-state index contributed by atoms with van der Waals surface area (Å²) in [5.41, 5.74) is 0.157. The number of amides is 4. The second-order valence-corrected chi connectivity index (χ2v) is 7.85. The fourth-order valence-electron chi connectivity index (χ4n) is 3.51. The van der Waals surface area contributed by atoms with Crippen LogP contribution in [0.4, 0.5) is 22.1 Å². The molecular weight excluding hydrogens is 374 g/mol. The third-order valence-electron chi connectivity index (χ3n) is 5.20. The lowest BCUT2D eigenvalue weighted by atomic mass is 9.92. The Bertz CT molecular complexity index is 997. The summed E-state index contributed by atoms with van der Waals surface area (Å²) in [5.74, 6) is 0.375. The van der Waals surface area contributed by atoms with Gasteiger partial charge in [0.05, 0.1) is 6.20 Å². The van der Waals surface area contributed by atoms with E-state index in [0.717, 1.165) is 6.42 Å². The van der Waals surface area contributed by atoms with Gasteiger partial charge in [-0.05, 0) is 18.6 Å². The molecule has 0 unspecified atom stereocenters. The third kappa shape index (κ3) is 3.41. The molecule has 2 N–H and O–H groups in total. The Morgan fingerprint density at radius 3 is 2.66 bits per heavy atom. The van der Waals surface area contributed by atoms with Crippen LogP contribution in [0.25, 0.3) is 0 Å². The van der Waals surface area contributed by atoms with Crippen molar-refractivity contribution < 1.29 is 14.4 Å². The van der Waals surface area contributed by atoms with Crippen LogP contribution in [0.1, 0.15) is 30.8 Å². The number of aromatic nitrogens is 3. The van der Waals surface area contributed by atoms with Crippen molar-refractivity contribution in [1.82, 2.24) is 20.1 Å². The predicted molar refractivity (Wildman–Crippen MR) is 107 cm³/mol. The monoisotopic (exact) mass is 397 g/mol. The van der Waals surface area contributed by atoms with E-state index in [-0.39, 0.29) is 17.6 Å². The fraction of sp³-hybridized carbons (Fsp3) is 0.421. The Labute approximate surface area is 167 Å². The van der Waals surface area contributed by atoms with E-state index in [1.54, 1.807) is 41.0 Å². The van der Waals surface area contributed by atoms with Gasteiger partial charge in [0.15, 0.2) is 5.82 Å². The number of hydrogen-bond acceptors (Lipinski definition) is 5. The van der Waals surface area contributed by atoms with Gasteiger partial charge in [-0.2, -0.15) is 5.10 Å². The lowest BCUT2D eigenvalue weighted by Gasteiger charge is -2.19. The van der Waals surface area contributed by atoms with Gasteiger partial charge in [-0.15, -0.1) is 0 Å². The van der Waals surface area contributed by atoms with E-state index >= 15 is 0 Å². The molecule has 0 atom stereocenters. The molecular formula is C19H23N7O3. The standard InChI is InChI=1S/C19H23N7O3/c1-19(2)7-9-26(17(19)28)15-13(11-24(3)23-15)22-16(27)12-5-4-6-14(21-12)25-10-8-20-18(25)29/h4-6,11H,7-10H2,1-3H3,(H,20,29)(H,22,27). The molecule has 0 aromatic carbocycles. The number of aryl methyl sites for hydroxylation is 1. The molecule has 0 radical (unpaired) electrons. The second-order valence-electron chi connectivity index (χ2n) is 7.85. The van der Waals surface area contributed by atoms with Gasteiger partial charge in [-0.3, -0.25) is 24.1 Å². The van der Waals surface area contributed by atoms with Gasteiger partial charge in [-0.25, -0.2) is 9.78 Å². The van der Waals surface area contributed by atoms with Gasteiger partial charge in [0.2, 0.25) is 5.91 Å². The van der Waals surface area contributed by atoms with Crippen molar-refractivity contribution in [3.05, 3.63) is 30.1 Å². The molecule has 10 nitrogen and oxygen atoms in total. The maximum atomic E-state index is 12.8. The maximum absolute atomic E-state index is 12.8. The summed E-state index contributed by atoms with van der Waals surface area (Å²) in [6.07, 6.45) is 2.38. The van der Waals surface area contributed by atoms with Crippen molar-refractivity contribution in [3.63, 3.8) is 0 Å². The molecule has 0 aliphatic carbocycles. The van der Waals surface area contributed by atoms with E-state index in [1.807, 2.05) is 13.8 Å². The third-order valence-corrected chi connectivity index (χ3v) is 5.20. The zero-order valence-corrected chi connectivity index (χ0v) is 16.6. The number of anilines is 3. The topological polar surface area (TPSA) is 112 Å². The minimum Gasteiger partial charge on any atom is -0.336 e. The Kier molecular flexibility index (Phi) is 4.48. The van der Waals surface area contributed by atoms with Crippen LogP contribution in [0.3, 0.4) is 0 Å².